The van der Waals surface area contributed by atoms with Gasteiger partial charge in [0, 0.05) is 20.0 Å². The first-order chi connectivity index (χ1) is 13.8. The van der Waals surface area contributed by atoms with Crippen molar-refractivity contribution < 1.29 is 28.7 Å². The van der Waals surface area contributed by atoms with Crippen molar-refractivity contribution >= 4 is 23.8 Å². The van der Waals surface area contributed by atoms with E-state index in [0.717, 1.165) is 10.5 Å². The summed E-state index contributed by atoms with van der Waals surface area (Å²) in [5.74, 6) is -0.359. The van der Waals surface area contributed by atoms with E-state index < -0.39 is 12.0 Å². The largest absolute Gasteiger partial charge is 0.497 e. The number of hydrogen-bond acceptors (Lipinski definition) is 6. The minimum absolute atomic E-state index is 0.0133. The van der Waals surface area contributed by atoms with Gasteiger partial charge in [-0.1, -0.05) is 12.1 Å². The van der Waals surface area contributed by atoms with Crippen molar-refractivity contribution in [3.8, 4) is 5.75 Å². The molecule has 1 aliphatic rings. The SMILES string of the molecule is CCOC(=O)CC(NC(=O)CCCN1C(=O)CN(C)C1=O)c1cccc(OC)c1. The first-order valence-corrected chi connectivity index (χ1v) is 9.50. The Balaban J connectivity index is 1.96. The highest BCUT2D eigenvalue weighted by Crippen LogP contribution is 2.22. The van der Waals surface area contributed by atoms with Gasteiger partial charge in [-0.15, -0.1) is 0 Å². The molecule has 1 aromatic rings. The highest BCUT2D eigenvalue weighted by Gasteiger charge is 2.33. The summed E-state index contributed by atoms with van der Waals surface area (Å²) in [5, 5.41) is 2.84. The first kappa shape index (κ1) is 22.2. The fraction of sp³-hybridized carbons (Fsp3) is 0.500. The van der Waals surface area contributed by atoms with Crippen molar-refractivity contribution in [2.75, 3.05) is 33.9 Å². The number of carbonyl (C=O) groups excluding carboxylic acids is 4. The number of nitrogens with zero attached hydrogens (tertiary/aromatic N) is 2. The molecule has 0 saturated carbocycles. The van der Waals surface area contributed by atoms with Gasteiger partial charge < -0.3 is 19.7 Å². The quantitative estimate of drug-likeness (QED) is 0.467. The molecule has 0 spiro atoms. The summed E-state index contributed by atoms with van der Waals surface area (Å²) in [6.07, 6.45) is 0.437. The van der Waals surface area contributed by atoms with Gasteiger partial charge in [-0.2, -0.15) is 0 Å². The smallest absolute Gasteiger partial charge is 0.326 e. The number of urea groups is 1. The number of rotatable bonds is 10. The van der Waals surface area contributed by atoms with Gasteiger partial charge in [0.15, 0.2) is 0 Å². The average Bonchev–Trinajstić information content (AvgIpc) is 2.93. The Labute approximate surface area is 169 Å². The Bertz CT molecular complexity index is 766. The fourth-order valence-corrected chi connectivity index (χ4v) is 3.05. The summed E-state index contributed by atoms with van der Waals surface area (Å²) < 4.78 is 10.2. The highest BCUT2D eigenvalue weighted by molar-refractivity contribution is 6.01. The molecule has 2 rings (SSSR count). The minimum atomic E-state index is -0.571. The van der Waals surface area contributed by atoms with Crippen molar-refractivity contribution in [1.29, 1.82) is 0 Å². The molecular formula is C20H27N3O6. The number of methoxy groups -OCH3 is 1. The Morgan fingerprint density at radius 3 is 2.66 bits per heavy atom. The van der Waals surface area contributed by atoms with Crippen LogP contribution in [0.3, 0.4) is 0 Å². The number of hydrogen-bond donors (Lipinski definition) is 1. The maximum atomic E-state index is 12.4. The van der Waals surface area contributed by atoms with Crippen molar-refractivity contribution in [2.24, 2.45) is 0 Å². The van der Waals surface area contributed by atoms with Crippen molar-refractivity contribution in [1.82, 2.24) is 15.1 Å². The molecule has 0 aliphatic carbocycles. The second kappa shape index (κ2) is 10.4. The van der Waals surface area contributed by atoms with Gasteiger partial charge in [0.25, 0.3) is 0 Å². The van der Waals surface area contributed by atoms with Gasteiger partial charge >= 0.3 is 12.0 Å². The van der Waals surface area contributed by atoms with E-state index in [2.05, 4.69) is 5.32 Å². The van der Waals surface area contributed by atoms with E-state index in [1.807, 2.05) is 0 Å². The molecule has 1 N–H and O–H groups in total. The summed E-state index contributed by atoms with van der Waals surface area (Å²) in [6.45, 7) is 2.21. The normalized spacial score (nSPS) is 14.7. The Kier molecular flexibility index (Phi) is 7.99. The number of carbonyl (C=O) groups is 4. The molecule has 1 aliphatic heterocycles. The van der Waals surface area contributed by atoms with Crippen LogP contribution < -0.4 is 10.1 Å². The van der Waals surface area contributed by atoms with E-state index in [4.69, 9.17) is 9.47 Å². The number of ether oxygens (including phenoxy) is 2. The van der Waals surface area contributed by atoms with Crippen molar-refractivity contribution in [3.05, 3.63) is 29.8 Å². The molecule has 29 heavy (non-hydrogen) atoms. The molecule has 4 amide bonds. The summed E-state index contributed by atoms with van der Waals surface area (Å²) in [6, 6.07) is 6.17. The molecule has 0 aromatic heterocycles. The molecule has 1 aromatic carbocycles. The van der Waals surface area contributed by atoms with Crippen LogP contribution >= 0.6 is 0 Å². The summed E-state index contributed by atoms with van der Waals surface area (Å²) >= 11 is 0. The standard InChI is InChI=1S/C20H27N3O6/c1-4-29-19(26)12-16(14-7-5-8-15(11-14)28-3)21-17(24)9-6-10-23-18(25)13-22(2)20(23)27/h5,7-8,11,16H,4,6,9-10,12-13H2,1-3H3,(H,21,24). The van der Waals surface area contributed by atoms with Crippen LogP contribution in [0.1, 0.15) is 37.8 Å². The lowest BCUT2D eigenvalue weighted by molar-refractivity contribution is -0.144. The third-order valence-corrected chi connectivity index (χ3v) is 4.52. The van der Waals surface area contributed by atoms with Crippen LogP contribution in [-0.2, 0) is 19.1 Å². The van der Waals surface area contributed by atoms with E-state index in [1.165, 1.54) is 12.0 Å². The molecule has 9 heteroatoms. The van der Waals surface area contributed by atoms with Gasteiger partial charge in [-0.25, -0.2) is 4.79 Å². The zero-order valence-corrected chi connectivity index (χ0v) is 17.0. The maximum absolute atomic E-state index is 12.4. The van der Waals surface area contributed by atoms with Crippen LogP contribution in [0.15, 0.2) is 24.3 Å². The number of likely N-dealkylation sites (N-methyl/N-ethyl adjacent to an activating group) is 1. The molecule has 1 atom stereocenters. The molecule has 158 valence electrons. The fourth-order valence-electron chi connectivity index (χ4n) is 3.05. The van der Waals surface area contributed by atoms with Gasteiger partial charge in [-0.3, -0.25) is 19.3 Å². The van der Waals surface area contributed by atoms with Crippen LogP contribution in [0, 0.1) is 0 Å². The predicted octanol–water partition coefficient (Wildman–Crippen LogP) is 1.48. The van der Waals surface area contributed by atoms with E-state index >= 15 is 0 Å². The second-order valence-corrected chi connectivity index (χ2v) is 6.69. The topological polar surface area (TPSA) is 105 Å². The zero-order chi connectivity index (χ0) is 21.4. The van der Waals surface area contributed by atoms with Crippen LogP contribution in [0.25, 0.3) is 0 Å². The highest BCUT2D eigenvalue weighted by atomic mass is 16.5. The Hall–Kier alpha value is -3.10. The molecule has 0 radical (unpaired) electrons. The lowest BCUT2D eigenvalue weighted by Crippen LogP contribution is -2.34. The molecule has 1 unspecified atom stereocenters. The molecule has 0 bridgehead atoms. The number of esters is 1. The molecule has 9 nitrogen and oxygen atoms in total. The van der Waals surface area contributed by atoms with Crippen molar-refractivity contribution in [2.45, 2.75) is 32.2 Å². The zero-order valence-electron chi connectivity index (χ0n) is 17.0. The second-order valence-electron chi connectivity index (χ2n) is 6.69. The third kappa shape index (κ3) is 6.20. The van der Waals surface area contributed by atoms with E-state index in [1.54, 1.807) is 38.2 Å². The summed E-state index contributed by atoms with van der Waals surface area (Å²) in [5.41, 5.74) is 0.720. The molecule has 1 fully saturated rings. The number of amides is 4. The lowest BCUT2D eigenvalue weighted by atomic mass is 10.0. The van der Waals surface area contributed by atoms with Gasteiger partial charge in [0.1, 0.15) is 12.3 Å². The Morgan fingerprint density at radius 1 is 1.28 bits per heavy atom. The maximum Gasteiger partial charge on any atom is 0.326 e. The first-order valence-electron chi connectivity index (χ1n) is 9.50. The molecule has 1 saturated heterocycles. The number of benzene rings is 1. The van der Waals surface area contributed by atoms with Crippen LogP contribution in [0.4, 0.5) is 4.79 Å². The summed E-state index contributed by atoms with van der Waals surface area (Å²) in [4.78, 5) is 50.5. The predicted molar refractivity (Wildman–Crippen MR) is 104 cm³/mol. The van der Waals surface area contributed by atoms with Crippen molar-refractivity contribution in [3.63, 3.8) is 0 Å². The van der Waals surface area contributed by atoms with E-state index in [9.17, 15) is 19.2 Å². The van der Waals surface area contributed by atoms with Crippen LogP contribution in [0.5, 0.6) is 5.75 Å². The van der Waals surface area contributed by atoms with E-state index in [0.29, 0.717) is 12.2 Å². The van der Waals surface area contributed by atoms with E-state index in [-0.39, 0.29) is 50.4 Å². The monoisotopic (exact) mass is 405 g/mol. The lowest BCUT2D eigenvalue weighted by Gasteiger charge is -2.20. The van der Waals surface area contributed by atoms with Gasteiger partial charge in [0.05, 0.1) is 26.2 Å². The number of nitrogens with one attached hydrogen (secondary N) is 1. The summed E-state index contributed by atoms with van der Waals surface area (Å²) in [7, 11) is 3.09. The van der Waals surface area contributed by atoms with Crippen LogP contribution in [-0.4, -0.2) is 67.5 Å². The average molecular weight is 405 g/mol. The van der Waals surface area contributed by atoms with Gasteiger partial charge in [0.2, 0.25) is 11.8 Å². The third-order valence-electron chi connectivity index (χ3n) is 4.52. The number of imide groups is 1. The van der Waals surface area contributed by atoms with Gasteiger partial charge in [-0.05, 0) is 31.0 Å². The van der Waals surface area contributed by atoms with Crippen LogP contribution in [0.2, 0.25) is 0 Å². The minimum Gasteiger partial charge on any atom is -0.497 e. The molecule has 1 heterocycles. The Morgan fingerprint density at radius 2 is 2.03 bits per heavy atom. The molecular weight excluding hydrogens is 378 g/mol.